The number of hydrogen-bond donors (Lipinski definition) is 2. The Morgan fingerprint density at radius 3 is 3.00 bits per heavy atom. The molecule has 0 radical (unpaired) electrons. The van der Waals surface area contributed by atoms with E-state index in [9.17, 15) is 13.6 Å². The number of amides is 2. The number of nitrogens with zero attached hydrogens (tertiary/aromatic N) is 2. The van der Waals surface area contributed by atoms with Crippen molar-refractivity contribution in [3.05, 3.63) is 35.2 Å². The smallest absolute Gasteiger partial charge is 0.315 e. The summed E-state index contributed by atoms with van der Waals surface area (Å²) in [4.78, 5) is 15.3. The lowest BCUT2D eigenvalue weighted by atomic mass is 10.0. The van der Waals surface area contributed by atoms with Gasteiger partial charge in [0.05, 0.1) is 6.04 Å². The fourth-order valence-electron chi connectivity index (χ4n) is 2.72. The molecule has 0 spiro atoms. The molecular formula is C15H16F2N4O2. The minimum absolute atomic E-state index is 0.0486. The predicted octanol–water partition coefficient (Wildman–Crippen LogP) is 2.98. The van der Waals surface area contributed by atoms with Crippen LogP contribution in [0.3, 0.4) is 0 Å². The third-order valence-corrected chi connectivity index (χ3v) is 3.75. The van der Waals surface area contributed by atoms with Crippen LogP contribution in [0.4, 0.5) is 13.6 Å². The van der Waals surface area contributed by atoms with E-state index in [0.717, 1.165) is 24.0 Å². The second-order valence-corrected chi connectivity index (χ2v) is 5.27. The van der Waals surface area contributed by atoms with E-state index in [0.29, 0.717) is 12.1 Å². The van der Waals surface area contributed by atoms with Crippen molar-refractivity contribution in [1.82, 2.24) is 20.8 Å². The Hall–Kier alpha value is -2.51. The monoisotopic (exact) mass is 322 g/mol. The van der Waals surface area contributed by atoms with Gasteiger partial charge in [-0.25, -0.2) is 4.79 Å². The first kappa shape index (κ1) is 15.4. The topological polar surface area (TPSA) is 80.0 Å². The SMILES string of the molecule is CCNC(=O)N[C@@H]1CCc2cc(-c3noc(C(F)F)n3)ccc21. The summed E-state index contributed by atoms with van der Waals surface area (Å²) in [5, 5.41) is 9.19. The number of aryl methyl sites for hydroxylation is 1. The zero-order chi connectivity index (χ0) is 16.4. The summed E-state index contributed by atoms with van der Waals surface area (Å²) in [6, 6.07) is 5.22. The largest absolute Gasteiger partial charge is 0.338 e. The van der Waals surface area contributed by atoms with Gasteiger partial charge in [-0.2, -0.15) is 13.8 Å². The van der Waals surface area contributed by atoms with E-state index >= 15 is 0 Å². The highest BCUT2D eigenvalue weighted by Gasteiger charge is 2.25. The van der Waals surface area contributed by atoms with Crippen molar-refractivity contribution < 1.29 is 18.1 Å². The van der Waals surface area contributed by atoms with E-state index in [4.69, 9.17) is 0 Å². The van der Waals surface area contributed by atoms with Crippen molar-refractivity contribution in [2.75, 3.05) is 6.54 Å². The number of rotatable bonds is 4. The molecule has 1 aliphatic carbocycles. The molecule has 0 unspecified atom stereocenters. The van der Waals surface area contributed by atoms with Gasteiger partial charge in [0.1, 0.15) is 0 Å². The molecule has 0 bridgehead atoms. The van der Waals surface area contributed by atoms with Crippen molar-refractivity contribution in [1.29, 1.82) is 0 Å². The number of fused-ring (bicyclic) bond motifs is 1. The molecule has 1 heterocycles. The first-order valence-corrected chi connectivity index (χ1v) is 7.37. The first-order chi connectivity index (χ1) is 11.1. The van der Waals surface area contributed by atoms with Crippen LogP contribution in [0, 0.1) is 0 Å². The standard InChI is InChI=1S/C15H16F2N4O2/c1-2-18-15(22)19-11-6-4-8-7-9(3-5-10(8)11)13-20-14(12(16)17)23-21-13/h3,5,7,11-12H,2,4,6H2,1H3,(H2,18,19,22)/t11-/m1/s1. The number of benzene rings is 1. The molecule has 2 N–H and O–H groups in total. The summed E-state index contributed by atoms with van der Waals surface area (Å²) in [6.45, 7) is 2.42. The Morgan fingerprint density at radius 2 is 2.30 bits per heavy atom. The van der Waals surface area contributed by atoms with Gasteiger partial charge in [0.15, 0.2) is 0 Å². The number of halogens is 2. The third kappa shape index (κ3) is 3.15. The van der Waals surface area contributed by atoms with Crippen LogP contribution in [0.2, 0.25) is 0 Å². The molecule has 0 aliphatic heterocycles. The zero-order valence-electron chi connectivity index (χ0n) is 12.5. The molecule has 1 aliphatic rings. The normalized spacial score (nSPS) is 16.4. The number of hydrogen-bond acceptors (Lipinski definition) is 4. The molecule has 0 saturated heterocycles. The quantitative estimate of drug-likeness (QED) is 0.907. The van der Waals surface area contributed by atoms with E-state index < -0.39 is 12.3 Å². The minimum Gasteiger partial charge on any atom is -0.338 e. The van der Waals surface area contributed by atoms with Crippen molar-refractivity contribution in [3.63, 3.8) is 0 Å². The Morgan fingerprint density at radius 1 is 1.48 bits per heavy atom. The van der Waals surface area contributed by atoms with Gasteiger partial charge >= 0.3 is 12.5 Å². The number of urea groups is 1. The predicted molar refractivity (Wildman–Crippen MR) is 78.0 cm³/mol. The van der Waals surface area contributed by atoms with Crippen molar-refractivity contribution >= 4 is 6.03 Å². The highest BCUT2D eigenvalue weighted by atomic mass is 19.3. The molecule has 2 amide bonds. The molecule has 2 aromatic rings. The Bertz CT molecular complexity index is 717. The van der Waals surface area contributed by atoms with Crippen molar-refractivity contribution in [2.45, 2.75) is 32.2 Å². The number of carbonyl (C=O) groups excluding carboxylic acids is 1. The molecule has 1 atom stereocenters. The summed E-state index contributed by atoms with van der Waals surface area (Å²) in [5.74, 6) is -0.542. The van der Waals surface area contributed by atoms with Gasteiger partial charge in [0.25, 0.3) is 5.89 Å². The van der Waals surface area contributed by atoms with Crippen LogP contribution in [-0.2, 0) is 6.42 Å². The van der Waals surface area contributed by atoms with Crippen LogP contribution in [-0.4, -0.2) is 22.7 Å². The highest BCUT2D eigenvalue weighted by Crippen LogP contribution is 2.34. The van der Waals surface area contributed by atoms with Crippen LogP contribution in [0.15, 0.2) is 22.7 Å². The van der Waals surface area contributed by atoms with Crippen molar-refractivity contribution in [3.8, 4) is 11.4 Å². The second kappa shape index (κ2) is 6.31. The molecular weight excluding hydrogens is 306 g/mol. The summed E-state index contributed by atoms with van der Waals surface area (Å²) < 4.78 is 29.5. The Balaban J connectivity index is 1.79. The molecule has 122 valence electrons. The van der Waals surface area contributed by atoms with Crippen molar-refractivity contribution in [2.24, 2.45) is 0 Å². The minimum atomic E-state index is -2.78. The maximum atomic E-state index is 12.5. The fourth-order valence-corrected chi connectivity index (χ4v) is 2.72. The fraction of sp³-hybridized carbons (Fsp3) is 0.400. The lowest BCUT2D eigenvalue weighted by molar-refractivity contribution is 0.106. The lowest BCUT2D eigenvalue weighted by Crippen LogP contribution is -2.37. The summed E-state index contributed by atoms with van der Waals surface area (Å²) in [7, 11) is 0. The van der Waals surface area contributed by atoms with Crippen LogP contribution < -0.4 is 10.6 Å². The molecule has 3 rings (SSSR count). The van der Waals surface area contributed by atoms with Gasteiger partial charge in [0.2, 0.25) is 5.82 Å². The van der Waals surface area contributed by atoms with E-state index in [1.807, 2.05) is 19.1 Å². The van der Waals surface area contributed by atoms with Gasteiger partial charge in [0, 0.05) is 12.1 Å². The van der Waals surface area contributed by atoms with Gasteiger partial charge in [-0.3, -0.25) is 0 Å². The van der Waals surface area contributed by atoms with Gasteiger partial charge < -0.3 is 15.2 Å². The van der Waals surface area contributed by atoms with Gasteiger partial charge in [-0.05, 0) is 37.0 Å². The molecule has 6 nitrogen and oxygen atoms in total. The molecule has 23 heavy (non-hydrogen) atoms. The average molecular weight is 322 g/mol. The van der Waals surface area contributed by atoms with Crippen LogP contribution in [0.5, 0.6) is 0 Å². The zero-order valence-corrected chi connectivity index (χ0v) is 12.5. The van der Waals surface area contributed by atoms with E-state index in [2.05, 4.69) is 25.3 Å². The van der Waals surface area contributed by atoms with Gasteiger partial charge in [-0.15, -0.1) is 0 Å². The van der Waals surface area contributed by atoms with Crippen LogP contribution in [0.1, 0.15) is 42.8 Å². The molecule has 0 fully saturated rings. The number of carbonyl (C=O) groups is 1. The maximum Gasteiger partial charge on any atom is 0.315 e. The number of alkyl halides is 2. The molecule has 0 saturated carbocycles. The summed E-state index contributed by atoms with van der Waals surface area (Å²) >= 11 is 0. The van der Waals surface area contributed by atoms with E-state index in [1.165, 1.54) is 0 Å². The summed E-state index contributed by atoms with van der Waals surface area (Å²) in [6.07, 6.45) is -1.19. The van der Waals surface area contributed by atoms with E-state index in [1.54, 1.807) is 6.07 Å². The molecule has 8 heteroatoms. The second-order valence-electron chi connectivity index (χ2n) is 5.27. The van der Waals surface area contributed by atoms with E-state index in [-0.39, 0.29) is 17.9 Å². The van der Waals surface area contributed by atoms with Crippen LogP contribution >= 0.6 is 0 Å². The molecule has 1 aromatic heterocycles. The number of aromatic nitrogens is 2. The Kier molecular flexibility index (Phi) is 4.22. The first-order valence-electron chi connectivity index (χ1n) is 7.37. The van der Waals surface area contributed by atoms with Gasteiger partial charge in [-0.1, -0.05) is 17.3 Å². The Labute approximate surface area is 131 Å². The maximum absolute atomic E-state index is 12.5. The third-order valence-electron chi connectivity index (χ3n) is 3.75. The number of nitrogens with one attached hydrogen (secondary N) is 2. The highest BCUT2D eigenvalue weighted by molar-refractivity contribution is 5.74. The van der Waals surface area contributed by atoms with Crippen LogP contribution in [0.25, 0.3) is 11.4 Å². The average Bonchev–Trinajstić information content (AvgIpc) is 3.14. The lowest BCUT2D eigenvalue weighted by Gasteiger charge is -2.14. The summed E-state index contributed by atoms with van der Waals surface area (Å²) in [5.41, 5.74) is 2.70. The molecule has 1 aromatic carbocycles.